The average Bonchev–Trinajstić information content (AvgIpc) is 3.09. The zero-order valence-corrected chi connectivity index (χ0v) is 14.5. The molecule has 0 aliphatic heterocycles. The minimum atomic E-state index is -0.462. The first-order valence-corrected chi connectivity index (χ1v) is 8.63. The van der Waals surface area contributed by atoms with E-state index < -0.39 is 5.82 Å². The van der Waals surface area contributed by atoms with E-state index in [0.717, 1.165) is 11.8 Å². The van der Waals surface area contributed by atoms with Crippen LogP contribution in [0.4, 0.5) is 10.1 Å². The molecular formula is C18H14FN3O3S. The lowest BCUT2D eigenvalue weighted by Crippen LogP contribution is -2.14. The van der Waals surface area contributed by atoms with E-state index in [-0.39, 0.29) is 34.1 Å². The van der Waals surface area contributed by atoms with Crippen LogP contribution in [0.1, 0.15) is 17.3 Å². The van der Waals surface area contributed by atoms with E-state index >= 15 is 0 Å². The fourth-order valence-corrected chi connectivity index (χ4v) is 2.72. The van der Waals surface area contributed by atoms with Crippen LogP contribution < -0.4 is 5.32 Å². The maximum absolute atomic E-state index is 13.7. The van der Waals surface area contributed by atoms with E-state index in [9.17, 15) is 14.0 Å². The highest BCUT2D eigenvalue weighted by atomic mass is 32.2. The fourth-order valence-electron chi connectivity index (χ4n) is 2.15. The van der Waals surface area contributed by atoms with Gasteiger partial charge in [-0.2, -0.15) is 0 Å². The SMILES string of the molecule is CC(=O)c1cccc(NC(=O)CSc2nnc(-c3ccccc3F)o2)c1. The van der Waals surface area contributed by atoms with Gasteiger partial charge in [0.05, 0.1) is 11.3 Å². The highest BCUT2D eigenvalue weighted by Gasteiger charge is 2.14. The third-order valence-electron chi connectivity index (χ3n) is 3.39. The number of hydrogen-bond donors (Lipinski definition) is 1. The molecule has 0 unspecified atom stereocenters. The molecule has 3 aromatic rings. The van der Waals surface area contributed by atoms with Gasteiger partial charge in [0, 0.05) is 11.3 Å². The number of carbonyl (C=O) groups excluding carboxylic acids is 2. The summed E-state index contributed by atoms with van der Waals surface area (Å²) in [5.41, 5.74) is 1.25. The van der Waals surface area contributed by atoms with Gasteiger partial charge in [0.15, 0.2) is 5.78 Å². The standard InChI is InChI=1S/C18H14FN3O3S/c1-11(23)12-5-4-6-13(9-12)20-16(24)10-26-18-22-21-17(25-18)14-7-2-3-8-15(14)19/h2-9H,10H2,1H3,(H,20,24). The Morgan fingerprint density at radius 2 is 1.96 bits per heavy atom. The van der Waals surface area contributed by atoms with E-state index in [0.29, 0.717) is 11.3 Å². The van der Waals surface area contributed by atoms with Crippen LogP contribution in [0, 0.1) is 5.82 Å². The first-order valence-electron chi connectivity index (χ1n) is 7.65. The van der Waals surface area contributed by atoms with Gasteiger partial charge < -0.3 is 9.73 Å². The van der Waals surface area contributed by atoms with E-state index in [4.69, 9.17) is 4.42 Å². The molecule has 0 bridgehead atoms. The lowest BCUT2D eigenvalue weighted by molar-refractivity contribution is -0.113. The smallest absolute Gasteiger partial charge is 0.277 e. The van der Waals surface area contributed by atoms with Crippen molar-refractivity contribution in [2.45, 2.75) is 12.1 Å². The molecule has 0 radical (unpaired) electrons. The van der Waals surface area contributed by atoms with E-state index in [1.165, 1.54) is 19.1 Å². The molecular weight excluding hydrogens is 357 g/mol. The van der Waals surface area contributed by atoms with Gasteiger partial charge in [-0.05, 0) is 31.2 Å². The maximum Gasteiger partial charge on any atom is 0.277 e. The highest BCUT2D eigenvalue weighted by Crippen LogP contribution is 2.25. The van der Waals surface area contributed by atoms with Crippen LogP contribution >= 0.6 is 11.8 Å². The highest BCUT2D eigenvalue weighted by molar-refractivity contribution is 7.99. The molecule has 26 heavy (non-hydrogen) atoms. The maximum atomic E-state index is 13.7. The number of benzene rings is 2. The molecule has 0 atom stereocenters. The van der Waals surface area contributed by atoms with Crippen LogP contribution in [-0.4, -0.2) is 27.6 Å². The summed E-state index contributed by atoms with van der Waals surface area (Å²) >= 11 is 1.04. The second kappa shape index (κ2) is 7.92. The third-order valence-corrected chi connectivity index (χ3v) is 4.21. The van der Waals surface area contributed by atoms with Crippen molar-refractivity contribution in [2.75, 3.05) is 11.1 Å². The quantitative estimate of drug-likeness (QED) is 0.524. The second-order valence-corrected chi connectivity index (χ2v) is 6.25. The summed E-state index contributed by atoms with van der Waals surface area (Å²) in [5.74, 6) is -0.747. The zero-order valence-electron chi connectivity index (χ0n) is 13.7. The van der Waals surface area contributed by atoms with Crippen molar-refractivity contribution in [1.29, 1.82) is 0 Å². The van der Waals surface area contributed by atoms with Gasteiger partial charge in [0.1, 0.15) is 5.82 Å². The normalized spacial score (nSPS) is 10.5. The lowest BCUT2D eigenvalue weighted by atomic mass is 10.1. The van der Waals surface area contributed by atoms with Crippen molar-refractivity contribution in [3.63, 3.8) is 0 Å². The number of aromatic nitrogens is 2. The van der Waals surface area contributed by atoms with Gasteiger partial charge in [-0.25, -0.2) is 4.39 Å². The van der Waals surface area contributed by atoms with Gasteiger partial charge >= 0.3 is 0 Å². The van der Waals surface area contributed by atoms with Crippen molar-refractivity contribution >= 4 is 29.1 Å². The van der Waals surface area contributed by atoms with Gasteiger partial charge in [0.25, 0.3) is 11.1 Å². The predicted octanol–water partition coefficient (Wildman–Crippen LogP) is 3.81. The minimum Gasteiger partial charge on any atom is -0.411 e. The number of amides is 1. The number of ketones is 1. The molecule has 0 aliphatic carbocycles. The number of carbonyl (C=O) groups is 2. The van der Waals surface area contributed by atoms with Crippen molar-refractivity contribution in [3.8, 4) is 11.5 Å². The van der Waals surface area contributed by atoms with Crippen molar-refractivity contribution in [1.82, 2.24) is 10.2 Å². The molecule has 2 aromatic carbocycles. The molecule has 132 valence electrons. The largest absolute Gasteiger partial charge is 0.411 e. The van der Waals surface area contributed by atoms with E-state index in [1.807, 2.05) is 0 Å². The molecule has 0 spiro atoms. The van der Waals surface area contributed by atoms with E-state index in [1.54, 1.807) is 36.4 Å². The summed E-state index contributed by atoms with van der Waals surface area (Å²) in [4.78, 5) is 23.4. The zero-order chi connectivity index (χ0) is 18.5. The Kier molecular flexibility index (Phi) is 5.43. The third kappa shape index (κ3) is 4.34. The Morgan fingerprint density at radius 1 is 1.15 bits per heavy atom. The van der Waals surface area contributed by atoms with Crippen LogP contribution in [0.25, 0.3) is 11.5 Å². The van der Waals surface area contributed by atoms with Crippen LogP contribution in [0.5, 0.6) is 0 Å². The van der Waals surface area contributed by atoms with Gasteiger partial charge in [-0.15, -0.1) is 10.2 Å². The molecule has 8 heteroatoms. The lowest BCUT2D eigenvalue weighted by Gasteiger charge is -2.05. The first kappa shape index (κ1) is 17.8. The van der Waals surface area contributed by atoms with Crippen LogP contribution in [0.3, 0.4) is 0 Å². The van der Waals surface area contributed by atoms with Gasteiger partial charge in [-0.1, -0.05) is 36.0 Å². The summed E-state index contributed by atoms with van der Waals surface area (Å²) in [6, 6.07) is 12.7. The summed E-state index contributed by atoms with van der Waals surface area (Å²) in [6.45, 7) is 1.46. The Balaban J connectivity index is 1.59. The average molecular weight is 371 g/mol. The monoisotopic (exact) mass is 371 g/mol. The fraction of sp³-hybridized carbons (Fsp3) is 0.111. The van der Waals surface area contributed by atoms with Crippen LogP contribution in [0.15, 0.2) is 58.2 Å². The van der Waals surface area contributed by atoms with Crippen molar-refractivity contribution in [2.24, 2.45) is 0 Å². The van der Waals surface area contributed by atoms with Crippen molar-refractivity contribution in [3.05, 3.63) is 59.9 Å². The summed E-state index contributed by atoms with van der Waals surface area (Å²) in [6.07, 6.45) is 0. The molecule has 1 heterocycles. The Bertz CT molecular complexity index is 958. The predicted molar refractivity (Wildman–Crippen MR) is 95.5 cm³/mol. The molecule has 0 saturated heterocycles. The van der Waals surface area contributed by atoms with Crippen LogP contribution in [-0.2, 0) is 4.79 Å². The molecule has 1 N–H and O–H groups in total. The van der Waals surface area contributed by atoms with Crippen LogP contribution in [0.2, 0.25) is 0 Å². The molecule has 1 amide bonds. The number of nitrogens with one attached hydrogen (secondary N) is 1. The van der Waals surface area contributed by atoms with E-state index in [2.05, 4.69) is 15.5 Å². The number of rotatable bonds is 6. The Morgan fingerprint density at radius 3 is 2.73 bits per heavy atom. The second-order valence-electron chi connectivity index (χ2n) is 5.33. The molecule has 0 fully saturated rings. The Hall–Kier alpha value is -3.00. The number of thioether (sulfide) groups is 1. The topological polar surface area (TPSA) is 85.1 Å². The van der Waals surface area contributed by atoms with Gasteiger partial charge in [0.2, 0.25) is 5.91 Å². The molecule has 1 aromatic heterocycles. The molecule has 3 rings (SSSR count). The number of halogens is 1. The number of anilines is 1. The van der Waals surface area contributed by atoms with Gasteiger partial charge in [-0.3, -0.25) is 9.59 Å². The minimum absolute atomic E-state index is 0.0310. The summed E-state index contributed by atoms with van der Waals surface area (Å²) < 4.78 is 19.1. The number of hydrogen-bond acceptors (Lipinski definition) is 6. The number of Topliss-reactive ketones (excluding diaryl/α,β-unsaturated/α-hetero) is 1. The summed E-state index contributed by atoms with van der Waals surface area (Å²) in [7, 11) is 0. The van der Waals surface area contributed by atoms with Crippen molar-refractivity contribution < 1.29 is 18.4 Å². The number of nitrogens with zero attached hydrogens (tertiary/aromatic N) is 2. The molecule has 6 nitrogen and oxygen atoms in total. The molecule has 0 saturated carbocycles. The molecule has 0 aliphatic rings. The first-order chi connectivity index (χ1) is 12.5. The Labute approximate surface area is 152 Å². The summed E-state index contributed by atoms with van der Waals surface area (Å²) in [5, 5.41) is 10.5.